The molecule has 1 aromatic carbocycles. The van der Waals surface area contributed by atoms with Crippen molar-refractivity contribution in [1.29, 1.82) is 0 Å². The van der Waals surface area contributed by atoms with Crippen LogP contribution in [-0.2, 0) is 10.2 Å². The van der Waals surface area contributed by atoms with Gasteiger partial charge in [-0.25, -0.2) is 4.68 Å². The minimum absolute atomic E-state index is 0.0957. The zero-order valence-electron chi connectivity index (χ0n) is 15.5. The summed E-state index contributed by atoms with van der Waals surface area (Å²) in [5.41, 5.74) is 1.88. The highest BCUT2D eigenvalue weighted by Crippen LogP contribution is 2.24. The van der Waals surface area contributed by atoms with Crippen LogP contribution in [-0.4, -0.2) is 26.5 Å². The standard InChI is InChI=1S/C18H27N5OS/c1-6-12(2)13-7-9-14(10-8-13)20-15(24)11-25-17-22-21-16(23(17)19)18(3,4)5/h7-10,12H,6,11,19H2,1-5H3,(H,20,24). The summed E-state index contributed by atoms with van der Waals surface area (Å²) in [6.45, 7) is 10.4. The second kappa shape index (κ2) is 7.91. The number of aromatic nitrogens is 3. The van der Waals surface area contributed by atoms with E-state index in [1.54, 1.807) is 0 Å². The molecule has 0 saturated heterocycles. The van der Waals surface area contributed by atoms with Gasteiger partial charge in [-0.3, -0.25) is 4.79 Å². The molecule has 2 aromatic rings. The fourth-order valence-corrected chi connectivity index (χ4v) is 3.00. The minimum Gasteiger partial charge on any atom is -0.336 e. The van der Waals surface area contributed by atoms with Crippen molar-refractivity contribution in [3.8, 4) is 0 Å². The van der Waals surface area contributed by atoms with Crippen LogP contribution in [0.2, 0.25) is 0 Å². The monoisotopic (exact) mass is 361 g/mol. The fraction of sp³-hybridized carbons (Fsp3) is 0.500. The van der Waals surface area contributed by atoms with E-state index >= 15 is 0 Å². The fourth-order valence-electron chi connectivity index (χ4n) is 2.34. The van der Waals surface area contributed by atoms with Gasteiger partial charge >= 0.3 is 0 Å². The number of nitrogens with one attached hydrogen (secondary N) is 1. The van der Waals surface area contributed by atoms with E-state index in [2.05, 4.69) is 41.5 Å². The largest absolute Gasteiger partial charge is 0.336 e. The lowest BCUT2D eigenvalue weighted by atomic mass is 9.96. The zero-order valence-corrected chi connectivity index (χ0v) is 16.4. The average molecular weight is 362 g/mol. The van der Waals surface area contributed by atoms with Gasteiger partial charge in [-0.15, -0.1) is 10.2 Å². The van der Waals surface area contributed by atoms with Crippen molar-refractivity contribution in [2.45, 2.75) is 57.5 Å². The molecule has 1 amide bonds. The summed E-state index contributed by atoms with van der Waals surface area (Å²) in [7, 11) is 0. The second-order valence-corrected chi connectivity index (χ2v) is 8.14. The predicted octanol–water partition coefficient (Wildman–Crippen LogP) is 3.53. The van der Waals surface area contributed by atoms with Crippen LogP contribution in [0.4, 0.5) is 5.69 Å². The molecule has 3 N–H and O–H groups in total. The number of amides is 1. The van der Waals surface area contributed by atoms with Crippen molar-refractivity contribution in [1.82, 2.24) is 14.9 Å². The molecule has 0 radical (unpaired) electrons. The number of rotatable bonds is 6. The van der Waals surface area contributed by atoms with Crippen molar-refractivity contribution in [3.05, 3.63) is 35.7 Å². The number of nitrogen functional groups attached to an aromatic ring is 1. The molecular weight excluding hydrogens is 334 g/mol. The van der Waals surface area contributed by atoms with Crippen LogP contribution in [0.25, 0.3) is 0 Å². The van der Waals surface area contributed by atoms with Crippen molar-refractivity contribution >= 4 is 23.4 Å². The van der Waals surface area contributed by atoms with Crippen LogP contribution in [0, 0.1) is 0 Å². The number of carbonyl (C=O) groups excluding carboxylic acids is 1. The van der Waals surface area contributed by atoms with Gasteiger partial charge < -0.3 is 11.2 Å². The molecule has 7 heteroatoms. The predicted molar refractivity (Wildman–Crippen MR) is 103 cm³/mol. The number of nitrogens with zero attached hydrogens (tertiary/aromatic N) is 3. The Bertz CT molecular complexity index is 718. The van der Waals surface area contributed by atoms with Crippen molar-refractivity contribution in [2.24, 2.45) is 0 Å². The van der Waals surface area contributed by atoms with Gasteiger partial charge in [0.05, 0.1) is 5.75 Å². The van der Waals surface area contributed by atoms with Crippen LogP contribution in [0.1, 0.15) is 58.3 Å². The van der Waals surface area contributed by atoms with E-state index in [-0.39, 0.29) is 17.1 Å². The van der Waals surface area contributed by atoms with Crippen molar-refractivity contribution in [2.75, 3.05) is 16.9 Å². The Morgan fingerprint density at radius 2 is 1.92 bits per heavy atom. The molecule has 1 aromatic heterocycles. The summed E-state index contributed by atoms with van der Waals surface area (Å²) in [6.07, 6.45) is 1.10. The van der Waals surface area contributed by atoms with E-state index in [9.17, 15) is 4.79 Å². The molecule has 0 aliphatic carbocycles. The van der Waals surface area contributed by atoms with Crippen LogP contribution in [0.3, 0.4) is 0 Å². The summed E-state index contributed by atoms with van der Waals surface area (Å²) in [5.74, 6) is 7.37. The molecule has 0 aliphatic rings. The molecule has 0 spiro atoms. The lowest BCUT2D eigenvalue weighted by Crippen LogP contribution is -2.24. The van der Waals surface area contributed by atoms with Gasteiger partial charge in [-0.2, -0.15) is 0 Å². The number of nitrogens with two attached hydrogens (primary N) is 1. The van der Waals surface area contributed by atoms with Crippen molar-refractivity contribution in [3.63, 3.8) is 0 Å². The SMILES string of the molecule is CCC(C)c1ccc(NC(=O)CSc2nnc(C(C)(C)C)n2N)cc1. The topological polar surface area (TPSA) is 85.8 Å². The highest BCUT2D eigenvalue weighted by molar-refractivity contribution is 7.99. The maximum Gasteiger partial charge on any atom is 0.234 e. The van der Waals surface area contributed by atoms with Gasteiger partial charge in [0.15, 0.2) is 5.82 Å². The second-order valence-electron chi connectivity index (χ2n) is 7.19. The Morgan fingerprint density at radius 1 is 1.28 bits per heavy atom. The van der Waals surface area contributed by atoms with E-state index in [1.165, 1.54) is 22.0 Å². The first-order valence-corrected chi connectivity index (χ1v) is 9.44. The van der Waals surface area contributed by atoms with Crippen molar-refractivity contribution < 1.29 is 4.79 Å². The Morgan fingerprint density at radius 3 is 2.44 bits per heavy atom. The molecule has 0 saturated carbocycles. The number of anilines is 1. The van der Waals surface area contributed by atoms with E-state index < -0.39 is 0 Å². The lowest BCUT2D eigenvalue weighted by Gasteiger charge is -2.16. The average Bonchev–Trinajstić information content (AvgIpc) is 2.94. The van der Waals surface area contributed by atoms with E-state index in [0.717, 1.165) is 12.1 Å². The molecule has 6 nitrogen and oxygen atoms in total. The number of hydrogen-bond donors (Lipinski definition) is 2. The van der Waals surface area contributed by atoms with Gasteiger partial charge in [-0.05, 0) is 30.0 Å². The molecule has 2 rings (SSSR count). The molecule has 1 unspecified atom stereocenters. The Kier molecular flexibility index (Phi) is 6.11. The Balaban J connectivity index is 1.92. The normalized spacial score (nSPS) is 12.8. The zero-order chi connectivity index (χ0) is 18.6. The van der Waals surface area contributed by atoms with E-state index in [0.29, 0.717) is 16.9 Å². The molecule has 136 valence electrons. The molecule has 1 atom stereocenters. The summed E-state index contributed by atoms with van der Waals surface area (Å²) >= 11 is 1.28. The highest BCUT2D eigenvalue weighted by Gasteiger charge is 2.23. The van der Waals surface area contributed by atoms with Crippen LogP contribution in [0.5, 0.6) is 0 Å². The minimum atomic E-state index is -0.194. The van der Waals surface area contributed by atoms with Crippen LogP contribution >= 0.6 is 11.8 Å². The van der Waals surface area contributed by atoms with Gasteiger partial charge in [0.25, 0.3) is 0 Å². The third-order valence-electron chi connectivity index (χ3n) is 4.04. The summed E-state index contributed by atoms with van der Waals surface area (Å²) in [5, 5.41) is 11.6. The summed E-state index contributed by atoms with van der Waals surface area (Å²) in [6, 6.07) is 7.99. The van der Waals surface area contributed by atoms with Gasteiger partial charge in [0, 0.05) is 11.1 Å². The first kappa shape index (κ1) is 19.3. The first-order chi connectivity index (χ1) is 11.7. The van der Waals surface area contributed by atoms with Crippen LogP contribution in [0.15, 0.2) is 29.4 Å². The molecule has 0 fully saturated rings. The molecule has 1 heterocycles. The maximum absolute atomic E-state index is 12.1. The number of hydrogen-bond acceptors (Lipinski definition) is 5. The third-order valence-corrected chi connectivity index (χ3v) is 4.99. The smallest absolute Gasteiger partial charge is 0.234 e. The number of carbonyl (C=O) groups is 1. The Hall–Kier alpha value is -2.02. The number of thioether (sulfide) groups is 1. The summed E-state index contributed by atoms with van der Waals surface area (Å²) < 4.78 is 1.46. The van der Waals surface area contributed by atoms with E-state index in [1.807, 2.05) is 32.9 Å². The maximum atomic E-state index is 12.1. The first-order valence-electron chi connectivity index (χ1n) is 8.46. The van der Waals surface area contributed by atoms with E-state index in [4.69, 9.17) is 5.84 Å². The van der Waals surface area contributed by atoms with Gasteiger partial charge in [0.2, 0.25) is 11.1 Å². The molecule has 0 bridgehead atoms. The molecule has 25 heavy (non-hydrogen) atoms. The van der Waals surface area contributed by atoms with Gasteiger partial charge in [-0.1, -0.05) is 58.5 Å². The van der Waals surface area contributed by atoms with Gasteiger partial charge in [0.1, 0.15) is 0 Å². The van der Waals surface area contributed by atoms with Crippen LogP contribution < -0.4 is 11.2 Å². The molecular formula is C18H27N5OS. The number of benzene rings is 1. The lowest BCUT2D eigenvalue weighted by molar-refractivity contribution is -0.113. The quantitative estimate of drug-likeness (QED) is 0.607. The summed E-state index contributed by atoms with van der Waals surface area (Å²) in [4.78, 5) is 12.1. The molecule has 0 aliphatic heterocycles. The Labute approximate surface area is 153 Å². The third kappa shape index (κ3) is 4.98. The highest BCUT2D eigenvalue weighted by atomic mass is 32.2.